The third-order valence-electron chi connectivity index (χ3n) is 1.29. The van der Waals surface area contributed by atoms with E-state index in [1.54, 1.807) is 0 Å². The van der Waals surface area contributed by atoms with Crippen molar-refractivity contribution >= 4 is 16.2 Å². The minimum Gasteiger partial charge on any atom is -0.372 e. The fourth-order valence-electron chi connectivity index (χ4n) is 0.720. The minimum atomic E-state index is -4.16. The van der Waals surface area contributed by atoms with Crippen LogP contribution < -0.4 is 5.32 Å². The lowest BCUT2D eigenvalue weighted by Gasteiger charge is -1.93. The highest BCUT2D eigenvalue weighted by Gasteiger charge is 1.99. The average Bonchev–Trinajstić information content (AvgIpc) is 2.58. The van der Waals surface area contributed by atoms with Gasteiger partial charge in [-0.05, 0) is 0 Å². The minimum absolute atomic E-state index is 0.870. The SMILES string of the molecule is C=CCC1=NCCN1.COS(=O)(=O)O. The van der Waals surface area contributed by atoms with Crippen molar-refractivity contribution in [1.29, 1.82) is 0 Å². The second-order valence-electron chi connectivity index (χ2n) is 2.34. The topological polar surface area (TPSA) is 88.0 Å². The number of amidine groups is 1. The van der Waals surface area contributed by atoms with Crippen LogP contribution in [0, 0.1) is 0 Å². The molecule has 82 valence electrons. The summed E-state index contributed by atoms with van der Waals surface area (Å²) in [6.45, 7) is 5.54. The second-order valence-corrected chi connectivity index (χ2v) is 3.53. The predicted octanol–water partition coefficient (Wildman–Crippen LogP) is -0.000200. The van der Waals surface area contributed by atoms with Crippen LogP contribution in [0.5, 0.6) is 0 Å². The van der Waals surface area contributed by atoms with Crippen molar-refractivity contribution in [3.63, 3.8) is 0 Å². The third-order valence-corrected chi connectivity index (χ3v) is 1.71. The van der Waals surface area contributed by atoms with Gasteiger partial charge in [0.15, 0.2) is 0 Å². The van der Waals surface area contributed by atoms with Gasteiger partial charge in [0, 0.05) is 13.0 Å². The Kier molecular flexibility index (Phi) is 6.09. The van der Waals surface area contributed by atoms with Gasteiger partial charge in [0.1, 0.15) is 5.84 Å². The van der Waals surface area contributed by atoms with Crippen LogP contribution >= 0.6 is 0 Å². The summed E-state index contributed by atoms with van der Waals surface area (Å²) in [5.41, 5.74) is 0. The molecular formula is C7H14N2O4S. The molecule has 0 fully saturated rings. The molecule has 0 aromatic carbocycles. The molecule has 0 bridgehead atoms. The first-order valence-corrected chi connectivity index (χ1v) is 5.27. The molecule has 0 aromatic heterocycles. The van der Waals surface area contributed by atoms with E-state index in [0.29, 0.717) is 0 Å². The van der Waals surface area contributed by atoms with Crippen LogP contribution in [-0.2, 0) is 14.6 Å². The van der Waals surface area contributed by atoms with E-state index in [1.165, 1.54) is 0 Å². The Bertz CT molecular complexity index is 297. The summed E-state index contributed by atoms with van der Waals surface area (Å²) in [4.78, 5) is 4.16. The lowest BCUT2D eigenvalue weighted by Crippen LogP contribution is -2.17. The first kappa shape index (κ1) is 13.1. The molecule has 1 rings (SSSR count). The van der Waals surface area contributed by atoms with Gasteiger partial charge in [0.25, 0.3) is 0 Å². The Morgan fingerprint density at radius 1 is 1.79 bits per heavy atom. The van der Waals surface area contributed by atoms with E-state index in [9.17, 15) is 8.42 Å². The van der Waals surface area contributed by atoms with E-state index in [2.05, 4.69) is 21.1 Å². The fourth-order valence-corrected chi connectivity index (χ4v) is 0.720. The van der Waals surface area contributed by atoms with Crippen molar-refractivity contribution in [3.05, 3.63) is 12.7 Å². The number of nitrogens with zero attached hydrogens (tertiary/aromatic N) is 1. The molecule has 1 aliphatic rings. The second kappa shape index (κ2) is 6.52. The summed E-state index contributed by atoms with van der Waals surface area (Å²) in [7, 11) is -3.29. The van der Waals surface area contributed by atoms with E-state index >= 15 is 0 Å². The van der Waals surface area contributed by atoms with Gasteiger partial charge < -0.3 is 5.32 Å². The molecule has 6 nitrogen and oxygen atoms in total. The van der Waals surface area contributed by atoms with Crippen LogP contribution in [0.25, 0.3) is 0 Å². The van der Waals surface area contributed by atoms with Crippen molar-refractivity contribution in [2.45, 2.75) is 6.42 Å². The molecule has 0 saturated heterocycles. The molecule has 0 amide bonds. The van der Waals surface area contributed by atoms with Crippen molar-refractivity contribution in [2.75, 3.05) is 20.2 Å². The molecule has 14 heavy (non-hydrogen) atoms. The van der Waals surface area contributed by atoms with Crippen LogP contribution in [0.15, 0.2) is 17.6 Å². The molecule has 1 aliphatic heterocycles. The van der Waals surface area contributed by atoms with Gasteiger partial charge >= 0.3 is 10.4 Å². The standard InChI is InChI=1S/C6H10N2.CH4O4S/c1-2-3-6-7-4-5-8-6;1-5-6(2,3)4/h2H,1,3-5H2,(H,7,8);1H3,(H,2,3,4). The van der Waals surface area contributed by atoms with Crippen LogP contribution in [0.2, 0.25) is 0 Å². The van der Waals surface area contributed by atoms with Gasteiger partial charge in [0.2, 0.25) is 0 Å². The van der Waals surface area contributed by atoms with Gasteiger partial charge in [-0.2, -0.15) is 8.42 Å². The van der Waals surface area contributed by atoms with E-state index in [0.717, 1.165) is 32.5 Å². The van der Waals surface area contributed by atoms with E-state index in [-0.39, 0.29) is 0 Å². The first-order chi connectivity index (χ1) is 6.49. The summed E-state index contributed by atoms with van der Waals surface area (Å²) in [6, 6.07) is 0. The molecule has 0 unspecified atom stereocenters. The summed E-state index contributed by atoms with van der Waals surface area (Å²) in [5.74, 6) is 1.08. The number of hydrogen-bond acceptors (Lipinski definition) is 5. The molecule has 0 aromatic rings. The highest BCUT2D eigenvalue weighted by molar-refractivity contribution is 7.80. The van der Waals surface area contributed by atoms with Gasteiger partial charge in [-0.1, -0.05) is 6.08 Å². The van der Waals surface area contributed by atoms with Crippen LogP contribution in [0.3, 0.4) is 0 Å². The third kappa shape index (κ3) is 7.71. The van der Waals surface area contributed by atoms with Crippen molar-refractivity contribution in [1.82, 2.24) is 5.32 Å². The zero-order chi connectivity index (χ0) is 11.0. The molecule has 0 saturated carbocycles. The smallest absolute Gasteiger partial charge is 0.372 e. The largest absolute Gasteiger partial charge is 0.397 e. The molecule has 0 radical (unpaired) electrons. The van der Waals surface area contributed by atoms with E-state index < -0.39 is 10.4 Å². The van der Waals surface area contributed by atoms with Crippen molar-refractivity contribution in [3.8, 4) is 0 Å². The molecule has 0 spiro atoms. The first-order valence-electron chi connectivity index (χ1n) is 3.90. The van der Waals surface area contributed by atoms with Crippen molar-refractivity contribution in [2.24, 2.45) is 4.99 Å². The maximum absolute atomic E-state index is 9.33. The molecule has 0 atom stereocenters. The Hall–Kier alpha value is -0.920. The summed E-state index contributed by atoms with van der Waals surface area (Å²) in [5, 5.41) is 3.14. The predicted molar refractivity (Wildman–Crippen MR) is 53.7 cm³/mol. The van der Waals surface area contributed by atoms with Crippen LogP contribution in [-0.4, -0.2) is 39.0 Å². The monoisotopic (exact) mass is 222 g/mol. The highest BCUT2D eigenvalue weighted by atomic mass is 32.3. The quantitative estimate of drug-likeness (QED) is 0.518. The number of rotatable bonds is 3. The van der Waals surface area contributed by atoms with E-state index in [1.807, 2.05) is 6.08 Å². The Morgan fingerprint density at radius 3 is 2.64 bits per heavy atom. The van der Waals surface area contributed by atoms with Crippen LogP contribution in [0.1, 0.15) is 6.42 Å². The lowest BCUT2D eigenvalue weighted by molar-refractivity contribution is 0.324. The number of hydrogen-bond donors (Lipinski definition) is 2. The zero-order valence-corrected chi connectivity index (χ0v) is 8.75. The van der Waals surface area contributed by atoms with Gasteiger partial charge in [-0.25, -0.2) is 0 Å². The van der Waals surface area contributed by atoms with E-state index in [4.69, 9.17) is 4.55 Å². The molecule has 1 heterocycles. The summed E-state index contributed by atoms with van der Waals surface area (Å²) < 4.78 is 29.7. The zero-order valence-electron chi connectivity index (χ0n) is 7.93. The van der Waals surface area contributed by atoms with Crippen molar-refractivity contribution < 1.29 is 17.2 Å². The average molecular weight is 222 g/mol. The maximum Gasteiger partial charge on any atom is 0.397 e. The number of nitrogens with one attached hydrogen (secondary N) is 1. The van der Waals surface area contributed by atoms with Gasteiger partial charge in [0.05, 0.1) is 13.7 Å². The normalized spacial score (nSPS) is 14.9. The van der Waals surface area contributed by atoms with Crippen LogP contribution in [0.4, 0.5) is 0 Å². The lowest BCUT2D eigenvalue weighted by atomic mass is 10.4. The molecule has 7 heteroatoms. The Balaban J connectivity index is 0.000000255. The number of aliphatic imine (C=N–C) groups is 1. The fraction of sp³-hybridized carbons (Fsp3) is 0.571. The Labute approximate surface area is 83.6 Å². The van der Waals surface area contributed by atoms with Gasteiger partial charge in [-0.3, -0.25) is 13.7 Å². The maximum atomic E-state index is 9.33. The molecule has 2 N–H and O–H groups in total. The molecular weight excluding hydrogens is 208 g/mol. The summed E-state index contributed by atoms with van der Waals surface area (Å²) >= 11 is 0. The van der Waals surface area contributed by atoms with Gasteiger partial charge in [-0.15, -0.1) is 6.58 Å². The molecule has 0 aliphatic carbocycles. The summed E-state index contributed by atoms with van der Waals surface area (Å²) in [6.07, 6.45) is 2.75. The highest BCUT2D eigenvalue weighted by Crippen LogP contribution is 1.89. The Morgan fingerprint density at radius 2 is 2.36 bits per heavy atom.